The molecule has 1 unspecified atom stereocenters. The number of rotatable bonds is 3. The Bertz CT molecular complexity index is 781. The summed E-state index contributed by atoms with van der Waals surface area (Å²) in [5, 5.41) is 0. The SMILES string of the molecule is COc1ccc(C2C(=O)Oc3cc4c(c(OC)c32)OCO4)cc1. The average molecular weight is 314 g/mol. The second-order valence-corrected chi connectivity index (χ2v) is 5.18. The third kappa shape index (κ3) is 1.98. The Kier molecular flexibility index (Phi) is 3.04. The predicted molar refractivity (Wildman–Crippen MR) is 79.6 cm³/mol. The van der Waals surface area contributed by atoms with Crippen LogP contribution < -0.4 is 23.7 Å². The van der Waals surface area contributed by atoms with Gasteiger partial charge in [0, 0.05) is 6.07 Å². The lowest BCUT2D eigenvalue weighted by Gasteiger charge is -2.13. The molecule has 0 amide bonds. The van der Waals surface area contributed by atoms with Crippen molar-refractivity contribution in [2.45, 2.75) is 5.92 Å². The smallest absolute Gasteiger partial charge is 0.323 e. The minimum absolute atomic E-state index is 0.121. The molecule has 0 bridgehead atoms. The predicted octanol–water partition coefficient (Wildman–Crippen LogP) is 2.48. The molecule has 0 radical (unpaired) electrons. The summed E-state index contributed by atoms with van der Waals surface area (Å²) >= 11 is 0. The number of ether oxygens (including phenoxy) is 5. The summed E-state index contributed by atoms with van der Waals surface area (Å²) in [7, 11) is 3.13. The van der Waals surface area contributed by atoms with Gasteiger partial charge in [0.15, 0.2) is 11.5 Å². The van der Waals surface area contributed by atoms with Gasteiger partial charge in [-0.25, -0.2) is 0 Å². The van der Waals surface area contributed by atoms with Gasteiger partial charge in [-0.15, -0.1) is 0 Å². The molecule has 2 aromatic rings. The van der Waals surface area contributed by atoms with Gasteiger partial charge in [-0.1, -0.05) is 12.1 Å². The van der Waals surface area contributed by atoms with Gasteiger partial charge in [0.2, 0.25) is 12.5 Å². The number of carbonyl (C=O) groups excluding carboxylic acids is 1. The maximum atomic E-state index is 12.4. The highest BCUT2D eigenvalue weighted by atomic mass is 16.7. The van der Waals surface area contributed by atoms with Gasteiger partial charge >= 0.3 is 5.97 Å². The summed E-state index contributed by atoms with van der Waals surface area (Å²) in [4.78, 5) is 12.4. The lowest BCUT2D eigenvalue weighted by molar-refractivity contribution is -0.133. The molecule has 23 heavy (non-hydrogen) atoms. The van der Waals surface area contributed by atoms with E-state index in [0.29, 0.717) is 28.6 Å². The topological polar surface area (TPSA) is 63.2 Å². The molecule has 1 atom stereocenters. The summed E-state index contributed by atoms with van der Waals surface area (Å²) < 4.78 is 26.9. The van der Waals surface area contributed by atoms with Crippen molar-refractivity contribution in [1.29, 1.82) is 0 Å². The lowest BCUT2D eigenvalue weighted by Crippen LogP contribution is -2.12. The Hall–Kier alpha value is -2.89. The maximum Gasteiger partial charge on any atom is 0.323 e. The van der Waals surface area contributed by atoms with Gasteiger partial charge < -0.3 is 23.7 Å². The number of esters is 1. The molecule has 0 N–H and O–H groups in total. The molecule has 2 aromatic carbocycles. The van der Waals surface area contributed by atoms with Gasteiger partial charge in [0.05, 0.1) is 19.8 Å². The van der Waals surface area contributed by atoms with E-state index in [1.165, 1.54) is 7.11 Å². The molecular formula is C17H14O6. The third-order valence-corrected chi connectivity index (χ3v) is 4.01. The molecular weight excluding hydrogens is 300 g/mol. The van der Waals surface area contributed by atoms with Crippen LogP contribution in [0.5, 0.6) is 28.7 Å². The summed E-state index contributed by atoms with van der Waals surface area (Å²) in [6.07, 6.45) is 0. The van der Waals surface area contributed by atoms with Crippen molar-refractivity contribution in [2.24, 2.45) is 0 Å². The van der Waals surface area contributed by atoms with Crippen molar-refractivity contribution in [3.05, 3.63) is 41.5 Å². The molecule has 0 spiro atoms. The van der Waals surface area contributed by atoms with Crippen LogP contribution in [0.1, 0.15) is 17.0 Å². The second kappa shape index (κ2) is 5.08. The Morgan fingerprint density at radius 3 is 2.52 bits per heavy atom. The highest BCUT2D eigenvalue weighted by Crippen LogP contribution is 2.54. The highest BCUT2D eigenvalue weighted by molar-refractivity contribution is 5.92. The monoisotopic (exact) mass is 314 g/mol. The minimum Gasteiger partial charge on any atom is -0.497 e. The molecule has 118 valence electrons. The Balaban J connectivity index is 1.86. The summed E-state index contributed by atoms with van der Waals surface area (Å²) in [6.45, 7) is 0.121. The molecule has 2 heterocycles. The van der Waals surface area contributed by atoms with E-state index in [9.17, 15) is 4.79 Å². The van der Waals surface area contributed by atoms with E-state index in [1.54, 1.807) is 25.3 Å². The van der Waals surface area contributed by atoms with Crippen LogP contribution in [0.15, 0.2) is 30.3 Å². The Labute approximate surface area is 132 Å². The van der Waals surface area contributed by atoms with E-state index in [0.717, 1.165) is 11.3 Å². The number of hydrogen-bond donors (Lipinski definition) is 0. The van der Waals surface area contributed by atoms with Crippen LogP contribution in [-0.4, -0.2) is 27.0 Å². The van der Waals surface area contributed by atoms with E-state index < -0.39 is 5.92 Å². The highest BCUT2D eigenvalue weighted by Gasteiger charge is 2.41. The van der Waals surface area contributed by atoms with Crippen LogP contribution in [0, 0.1) is 0 Å². The summed E-state index contributed by atoms with van der Waals surface area (Å²) in [5.74, 6) is 1.73. The van der Waals surface area contributed by atoms with E-state index in [-0.39, 0.29) is 12.8 Å². The normalized spacial score (nSPS) is 17.7. The molecule has 0 fully saturated rings. The summed E-state index contributed by atoms with van der Waals surface area (Å²) in [5.41, 5.74) is 1.46. The number of benzene rings is 2. The number of carbonyl (C=O) groups is 1. The molecule has 2 aliphatic heterocycles. The van der Waals surface area contributed by atoms with Crippen LogP contribution in [-0.2, 0) is 4.79 Å². The first-order valence-corrected chi connectivity index (χ1v) is 7.09. The van der Waals surface area contributed by atoms with Crippen molar-refractivity contribution in [2.75, 3.05) is 21.0 Å². The Morgan fingerprint density at radius 1 is 1.04 bits per heavy atom. The minimum atomic E-state index is -0.569. The van der Waals surface area contributed by atoms with Crippen molar-refractivity contribution in [3.63, 3.8) is 0 Å². The van der Waals surface area contributed by atoms with Crippen LogP contribution in [0.2, 0.25) is 0 Å². The van der Waals surface area contributed by atoms with E-state index >= 15 is 0 Å². The first kappa shape index (κ1) is 13.8. The molecule has 0 aliphatic carbocycles. The fourth-order valence-electron chi connectivity index (χ4n) is 2.95. The van der Waals surface area contributed by atoms with E-state index in [2.05, 4.69) is 0 Å². The van der Waals surface area contributed by atoms with Crippen molar-refractivity contribution < 1.29 is 28.5 Å². The maximum absolute atomic E-state index is 12.4. The molecule has 0 saturated carbocycles. The van der Waals surface area contributed by atoms with E-state index in [4.69, 9.17) is 23.7 Å². The number of fused-ring (bicyclic) bond motifs is 2. The fraction of sp³-hybridized carbons (Fsp3) is 0.235. The van der Waals surface area contributed by atoms with Crippen LogP contribution >= 0.6 is 0 Å². The van der Waals surface area contributed by atoms with Crippen LogP contribution in [0.4, 0.5) is 0 Å². The van der Waals surface area contributed by atoms with Gasteiger partial charge in [-0.3, -0.25) is 4.79 Å². The van der Waals surface area contributed by atoms with E-state index in [1.807, 2.05) is 12.1 Å². The van der Waals surface area contributed by atoms with Crippen LogP contribution in [0.3, 0.4) is 0 Å². The lowest BCUT2D eigenvalue weighted by atomic mass is 9.91. The zero-order valence-electron chi connectivity index (χ0n) is 12.6. The molecule has 2 aliphatic rings. The van der Waals surface area contributed by atoms with Gasteiger partial charge in [0.1, 0.15) is 17.4 Å². The van der Waals surface area contributed by atoms with Crippen molar-refractivity contribution >= 4 is 5.97 Å². The average Bonchev–Trinajstić information content (AvgIpc) is 3.16. The molecule has 4 rings (SSSR count). The van der Waals surface area contributed by atoms with Crippen molar-refractivity contribution in [3.8, 4) is 28.7 Å². The first-order chi connectivity index (χ1) is 11.2. The standard InChI is InChI=1S/C17H14O6/c1-19-10-5-3-9(4-6-10)13-14-11(23-17(13)18)7-12-15(16(14)20-2)22-8-21-12/h3-7,13H,8H2,1-2H3. The quantitative estimate of drug-likeness (QED) is 0.641. The zero-order valence-corrected chi connectivity index (χ0v) is 12.6. The number of hydrogen-bond acceptors (Lipinski definition) is 6. The first-order valence-electron chi connectivity index (χ1n) is 7.09. The second-order valence-electron chi connectivity index (χ2n) is 5.18. The van der Waals surface area contributed by atoms with Gasteiger partial charge in [-0.2, -0.15) is 0 Å². The fourth-order valence-corrected chi connectivity index (χ4v) is 2.95. The molecule has 6 heteroatoms. The molecule has 0 saturated heterocycles. The largest absolute Gasteiger partial charge is 0.497 e. The Morgan fingerprint density at radius 2 is 1.83 bits per heavy atom. The molecule has 0 aromatic heterocycles. The van der Waals surface area contributed by atoms with Crippen LogP contribution in [0.25, 0.3) is 0 Å². The summed E-state index contributed by atoms with van der Waals surface area (Å²) in [6, 6.07) is 8.95. The zero-order chi connectivity index (χ0) is 16.0. The molecule has 6 nitrogen and oxygen atoms in total. The third-order valence-electron chi connectivity index (χ3n) is 4.01. The number of methoxy groups -OCH3 is 2. The van der Waals surface area contributed by atoms with Gasteiger partial charge in [0.25, 0.3) is 0 Å². The van der Waals surface area contributed by atoms with Gasteiger partial charge in [-0.05, 0) is 17.7 Å². The van der Waals surface area contributed by atoms with Crippen molar-refractivity contribution in [1.82, 2.24) is 0 Å².